The van der Waals surface area contributed by atoms with Crippen molar-refractivity contribution in [3.8, 4) is 0 Å². The number of benzene rings is 1. The molecule has 0 heterocycles. The SMILES string of the molecule is CC1CCCC(C(O)Cc2ccc(Cl)cc2F)(N(C)C)C1. The first-order valence-electron chi connectivity index (χ1n) is 7.64. The van der Waals surface area contributed by atoms with Gasteiger partial charge in [0.25, 0.3) is 0 Å². The van der Waals surface area contributed by atoms with Gasteiger partial charge in [0, 0.05) is 17.0 Å². The summed E-state index contributed by atoms with van der Waals surface area (Å²) in [5.41, 5.74) is 0.273. The van der Waals surface area contributed by atoms with Crippen LogP contribution in [0.3, 0.4) is 0 Å². The molecular formula is C17H25ClFNO. The average Bonchev–Trinajstić information content (AvgIpc) is 2.41. The second-order valence-electron chi connectivity index (χ2n) is 6.66. The summed E-state index contributed by atoms with van der Waals surface area (Å²) in [6.07, 6.45) is 3.98. The van der Waals surface area contributed by atoms with E-state index in [-0.39, 0.29) is 11.4 Å². The van der Waals surface area contributed by atoms with Gasteiger partial charge in [-0.05, 0) is 50.6 Å². The highest BCUT2D eigenvalue weighted by atomic mass is 35.5. The number of likely N-dealkylation sites (N-methyl/N-ethyl adjacent to an activating group) is 1. The van der Waals surface area contributed by atoms with E-state index >= 15 is 0 Å². The lowest BCUT2D eigenvalue weighted by Gasteiger charge is -2.48. The van der Waals surface area contributed by atoms with Crippen LogP contribution in [-0.2, 0) is 6.42 Å². The van der Waals surface area contributed by atoms with Gasteiger partial charge in [-0.25, -0.2) is 4.39 Å². The summed E-state index contributed by atoms with van der Waals surface area (Å²) in [5.74, 6) is 0.255. The van der Waals surface area contributed by atoms with Gasteiger partial charge in [0.2, 0.25) is 0 Å². The number of aliphatic hydroxyl groups excluding tert-OH is 1. The van der Waals surface area contributed by atoms with Crippen molar-refractivity contribution in [3.63, 3.8) is 0 Å². The normalized spacial score (nSPS) is 27.9. The van der Waals surface area contributed by atoms with E-state index in [1.807, 2.05) is 14.1 Å². The van der Waals surface area contributed by atoms with Crippen LogP contribution in [0, 0.1) is 11.7 Å². The number of halogens is 2. The van der Waals surface area contributed by atoms with E-state index in [4.69, 9.17) is 11.6 Å². The molecule has 0 amide bonds. The fourth-order valence-electron chi connectivity index (χ4n) is 3.66. The highest BCUT2D eigenvalue weighted by Gasteiger charge is 2.43. The third-order valence-corrected chi connectivity index (χ3v) is 5.18. The molecule has 2 nitrogen and oxygen atoms in total. The Balaban J connectivity index is 2.21. The number of hydrogen-bond donors (Lipinski definition) is 1. The van der Waals surface area contributed by atoms with Crippen molar-refractivity contribution in [2.24, 2.45) is 5.92 Å². The Morgan fingerprint density at radius 1 is 1.48 bits per heavy atom. The van der Waals surface area contributed by atoms with Crippen LogP contribution in [-0.4, -0.2) is 35.7 Å². The first-order chi connectivity index (χ1) is 9.85. The Hall–Kier alpha value is -0.640. The summed E-state index contributed by atoms with van der Waals surface area (Å²) >= 11 is 5.79. The smallest absolute Gasteiger partial charge is 0.127 e. The lowest BCUT2D eigenvalue weighted by Crippen LogP contribution is -2.56. The van der Waals surface area contributed by atoms with Gasteiger partial charge in [0.15, 0.2) is 0 Å². The Bertz CT molecular complexity index is 494. The molecular weight excluding hydrogens is 289 g/mol. The van der Waals surface area contributed by atoms with Crippen LogP contribution in [0.15, 0.2) is 18.2 Å². The van der Waals surface area contributed by atoms with Gasteiger partial charge in [0.05, 0.1) is 6.10 Å². The molecule has 3 atom stereocenters. The van der Waals surface area contributed by atoms with Crippen LogP contribution < -0.4 is 0 Å². The first kappa shape index (κ1) is 16.7. The van der Waals surface area contributed by atoms with Crippen LogP contribution in [0.5, 0.6) is 0 Å². The third kappa shape index (κ3) is 3.58. The van der Waals surface area contributed by atoms with Crippen LogP contribution in [0.2, 0.25) is 5.02 Å². The molecule has 2 rings (SSSR count). The van der Waals surface area contributed by atoms with Gasteiger partial charge in [-0.1, -0.05) is 37.4 Å². The Morgan fingerprint density at radius 3 is 2.76 bits per heavy atom. The number of aliphatic hydroxyl groups is 1. The molecule has 0 saturated heterocycles. The van der Waals surface area contributed by atoms with E-state index in [1.165, 1.54) is 12.5 Å². The second kappa shape index (κ2) is 6.64. The van der Waals surface area contributed by atoms with Crippen LogP contribution >= 0.6 is 11.6 Å². The molecule has 0 radical (unpaired) electrons. The lowest BCUT2D eigenvalue weighted by molar-refractivity contribution is -0.0427. The second-order valence-corrected chi connectivity index (χ2v) is 7.09. The van der Waals surface area contributed by atoms with Crippen molar-refractivity contribution in [1.82, 2.24) is 4.90 Å². The molecule has 0 bridgehead atoms. The van der Waals surface area contributed by atoms with Crippen molar-refractivity contribution in [1.29, 1.82) is 0 Å². The van der Waals surface area contributed by atoms with Crippen molar-refractivity contribution < 1.29 is 9.50 Å². The molecule has 118 valence electrons. The predicted molar refractivity (Wildman–Crippen MR) is 85.2 cm³/mol. The summed E-state index contributed by atoms with van der Waals surface area (Å²) in [4.78, 5) is 2.13. The molecule has 21 heavy (non-hydrogen) atoms. The Labute approximate surface area is 131 Å². The summed E-state index contributed by atoms with van der Waals surface area (Å²) < 4.78 is 14.0. The van der Waals surface area contributed by atoms with Crippen molar-refractivity contribution >= 4 is 11.6 Å². The molecule has 1 aromatic carbocycles. The highest BCUT2D eigenvalue weighted by molar-refractivity contribution is 6.30. The summed E-state index contributed by atoms with van der Waals surface area (Å²) in [7, 11) is 4.03. The first-order valence-corrected chi connectivity index (χ1v) is 8.02. The molecule has 1 N–H and O–H groups in total. The average molecular weight is 314 g/mol. The van der Waals surface area contributed by atoms with E-state index in [0.717, 1.165) is 19.3 Å². The van der Waals surface area contributed by atoms with E-state index < -0.39 is 6.10 Å². The summed E-state index contributed by atoms with van der Waals surface area (Å²) in [5, 5.41) is 11.2. The fourth-order valence-corrected chi connectivity index (χ4v) is 3.82. The van der Waals surface area contributed by atoms with Crippen molar-refractivity contribution in [3.05, 3.63) is 34.6 Å². The fraction of sp³-hybridized carbons (Fsp3) is 0.647. The van der Waals surface area contributed by atoms with Gasteiger partial charge in [-0.15, -0.1) is 0 Å². The largest absolute Gasteiger partial charge is 0.391 e. The molecule has 4 heteroatoms. The molecule has 1 aliphatic rings. The summed E-state index contributed by atoms with van der Waals surface area (Å²) in [6.45, 7) is 2.23. The minimum absolute atomic E-state index is 0.260. The van der Waals surface area contributed by atoms with Gasteiger partial charge >= 0.3 is 0 Å². The van der Waals surface area contributed by atoms with Crippen molar-refractivity contribution in [2.75, 3.05) is 14.1 Å². The van der Waals surface area contributed by atoms with E-state index in [9.17, 15) is 9.50 Å². The monoisotopic (exact) mass is 313 g/mol. The zero-order chi connectivity index (χ0) is 15.6. The van der Waals surface area contributed by atoms with E-state index in [0.29, 0.717) is 22.9 Å². The molecule has 1 fully saturated rings. The molecule has 1 saturated carbocycles. The van der Waals surface area contributed by atoms with E-state index in [2.05, 4.69) is 11.8 Å². The minimum atomic E-state index is -0.578. The zero-order valence-electron chi connectivity index (χ0n) is 13.1. The van der Waals surface area contributed by atoms with Gasteiger partial charge in [-0.3, -0.25) is 0 Å². The highest BCUT2D eigenvalue weighted by Crippen LogP contribution is 2.39. The van der Waals surface area contributed by atoms with Gasteiger partial charge in [0.1, 0.15) is 5.82 Å². The molecule has 1 aromatic rings. The molecule has 3 unspecified atom stereocenters. The predicted octanol–water partition coefficient (Wildman–Crippen LogP) is 3.89. The maximum Gasteiger partial charge on any atom is 0.127 e. The van der Waals surface area contributed by atoms with Crippen LogP contribution in [0.1, 0.15) is 38.2 Å². The number of rotatable bonds is 4. The molecule has 0 spiro atoms. The standard InChI is InChI=1S/C17H25ClFNO/c1-12-5-4-8-17(11-12,20(2)3)16(21)9-13-6-7-14(18)10-15(13)19/h6-7,10,12,16,21H,4-5,8-9,11H2,1-3H3. The zero-order valence-corrected chi connectivity index (χ0v) is 13.8. The maximum atomic E-state index is 14.0. The molecule has 0 aromatic heterocycles. The lowest BCUT2D eigenvalue weighted by atomic mass is 9.71. The quantitative estimate of drug-likeness (QED) is 0.911. The summed E-state index contributed by atoms with van der Waals surface area (Å²) in [6, 6.07) is 4.67. The Kier molecular flexibility index (Phi) is 5.29. The molecule has 1 aliphatic carbocycles. The Morgan fingerprint density at radius 2 is 2.19 bits per heavy atom. The van der Waals surface area contributed by atoms with Crippen LogP contribution in [0.25, 0.3) is 0 Å². The van der Waals surface area contributed by atoms with Gasteiger partial charge < -0.3 is 10.0 Å². The third-order valence-electron chi connectivity index (χ3n) is 4.95. The molecule has 0 aliphatic heterocycles. The van der Waals surface area contributed by atoms with Crippen molar-refractivity contribution in [2.45, 2.75) is 50.7 Å². The number of hydrogen-bond acceptors (Lipinski definition) is 2. The van der Waals surface area contributed by atoms with E-state index in [1.54, 1.807) is 12.1 Å². The van der Waals surface area contributed by atoms with Crippen LogP contribution in [0.4, 0.5) is 4.39 Å². The van der Waals surface area contributed by atoms with Gasteiger partial charge in [-0.2, -0.15) is 0 Å². The maximum absolute atomic E-state index is 14.0. The topological polar surface area (TPSA) is 23.5 Å². The minimum Gasteiger partial charge on any atom is -0.391 e. The number of nitrogens with zero attached hydrogens (tertiary/aromatic N) is 1.